The van der Waals surface area contributed by atoms with Crippen molar-refractivity contribution in [1.29, 1.82) is 0 Å². The van der Waals surface area contributed by atoms with Crippen LogP contribution in [0.4, 0.5) is 0 Å². The number of nitrogens with zero attached hydrogens (tertiary/aromatic N) is 2. The number of hydrogen-bond donors (Lipinski definition) is 2. The molecule has 0 radical (unpaired) electrons. The molecule has 4 aromatic rings. The molecule has 1 aliphatic heterocycles. The highest BCUT2D eigenvalue weighted by Crippen LogP contribution is 2.31. The lowest BCUT2D eigenvalue weighted by atomic mass is 9.96. The Kier molecular flexibility index (Phi) is 4.24. The van der Waals surface area contributed by atoms with Crippen LogP contribution in [0.3, 0.4) is 0 Å². The molecule has 0 saturated carbocycles. The Morgan fingerprint density at radius 1 is 1.10 bits per heavy atom. The number of rotatable bonds is 3. The van der Waals surface area contributed by atoms with Gasteiger partial charge in [0.1, 0.15) is 11.9 Å². The largest absolute Gasteiger partial charge is 0.361 e. The maximum atomic E-state index is 13.6. The molecule has 0 bridgehead atoms. The van der Waals surface area contributed by atoms with Crippen LogP contribution in [0.2, 0.25) is 0 Å². The van der Waals surface area contributed by atoms with Crippen LogP contribution in [-0.2, 0) is 11.2 Å². The van der Waals surface area contributed by atoms with Crippen LogP contribution in [-0.4, -0.2) is 20.4 Å². The third kappa shape index (κ3) is 2.83. The number of benzene rings is 2. The van der Waals surface area contributed by atoms with Gasteiger partial charge in [0.25, 0.3) is 5.56 Å². The molecule has 30 heavy (non-hydrogen) atoms. The minimum absolute atomic E-state index is 0.115. The molecule has 1 aliphatic rings. The lowest BCUT2D eigenvalue weighted by molar-refractivity contribution is -0.127. The fourth-order valence-electron chi connectivity index (χ4n) is 4.44. The highest BCUT2D eigenvalue weighted by Gasteiger charge is 2.37. The van der Waals surface area contributed by atoms with Gasteiger partial charge in [-0.05, 0) is 36.6 Å². The smallest absolute Gasteiger partial charge is 0.262 e. The number of aryl methyl sites for hydroxylation is 1. The molecule has 2 aromatic carbocycles. The van der Waals surface area contributed by atoms with Crippen LogP contribution in [0.5, 0.6) is 0 Å². The highest BCUT2D eigenvalue weighted by molar-refractivity contribution is 5.87. The fourth-order valence-corrected chi connectivity index (χ4v) is 4.44. The van der Waals surface area contributed by atoms with Gasteiger partial charge in [-0.25, -0.2) is 4.98 Å². The van der Waals surface area contributed by atoms with E-state index in [0.717, 1.165) is 22.0 Å². The van der Waals surface area contributed by atoms with Gasteiger partial charge in [0.15, 0.2) is 0 Å². The second-order valence-electron chi connectivity index (χ2n) is 8.48. The summed E-state index contributed by atoms with van der Waals surface area (Å²) in [6.07, 6.45) is 2.35. The van der Waals surface area contributed by atoms with E-state index in [4.69, 9.17) is 4.98 Å². The zero-order valence-corrected chi connectivity index (χ0v) is 17.3. The third-order valence-electron chi connectivity index (χ3n) is 6.03. The van der Waals surface area contributed by atoms with Crippen LogP contribution < -0.4 is 10.9 Å². The van der Waals surface area contributed by atoms with Gasteiger partial charge in [0.05, 0.1) is 16.9 Å². The molecule has 6 nitrogen and oxygen atoms in total. The average molecular weight is 400 g/mol. The van der Waals surface area contributed by atoms with Gasteiger partial charge in [0.2, 0.25) is 5.91 Å². The Morgan fingerprint density at radius 3 is 2.70 bits per heavy atom. The van der Waals surface area contributed by atoms with Crippen molar-refractivity contribution in [1.82, 2.24) is 19.9 Å². The van der Waals surface area contributed by atoms with E-state index in [0.29, 0.717) is 23.1 Å². The van der Waals surface area contributed by atoms with E-state index >= 15 is 0 Å². The molecule has 152 valence electrons. The van der Waals surface area contributed by atoms with Crippen molar-refractivity contribution < 1.29 is 4.79 Å². The maximum absolute atomic E-state index is 13.6. The molecule has 2 atom stereocenters. The summed E-state index contributed by atoms with van der Waals surface area (Å²) in [4.78, 5) is 34.9. The Morgan fingerprint density at radius 2 is 1.90 bits per heavy atom. The van der Waals surface area contributed by atoms with Crippen molar-refractivity contribution in [3.8, 4) is 0 Å². The molecule has 2 aromatic heterocycles. The molecule has 0 fully saturated rings. The maximum Gasteiger partial charge on any atom is 0.262 e. The Bertz CT molecular complexity index is 1350. The van der Waals surface area contributed by atoms with Gasteiger partial charge >= 0.3 is 0 Å². The normalized spacial score (nSPS) is 18.7. The number of amides is 1. The Balaban J connectivity index is 1.72. The summed E-state index contributed by atoms with van der Waals surface area (Å²) >= 11 is 0. The summed E-state index contributed by atoms with van der Waals surface area (Å²) in [5.74, 6) is 0.613. The van der Waals surface area contributed by atoms with Crippen molar-refractivity contribution in [2.75, 3.05) is 0 Å². The summed E-state index contributed by atoms with van der Waals surface area (Å²) in [6.45, 7) is 6.01. The van der Waals surface area contributed by atoms with E-state index in [1.807, 2.05) is 69.4 Å². The topological polar surface area (TPSA) is 79.8 Å². The summed E-state index contributed by atoms with van der Waals surface area (Å²) in [5.41, 5.74) is 3.55. The predicted octanol–water partition coefficient (Wildman–Crippen LogP) is 3.80. The van der Waals surface area contributed by atoms with Crippen LogP contribution in [0.15, 0.2) is 53.5 Å². The second kappa shape index (κ2) is 6.83. The van der Waals surface area contributed by atoms with Gasteiger partial charge < -0.3 is 10.3 Å². The van der Waals surface area contributed by atoms with Crippen LogP contribution in [0, 0.1) is 12.8 Å². The Labute approximate surface area is 173 Å². The van der Waals surface area contributed by atoms with Gasteiger partial charge in [-0.3, -0.25) is 14.2 Å². The zero-order valence-electron chi connectivity index (χ0n) is 17.3. The number of aromatic nitrogens is 3. The van der Waals surface area contributed by atoms with E-state index in [1.54, 1.807) is 4.57 Å². The fraction of sp³-hybridized carbons (Fsp3) is 0.292. The molecular formula is C24H24N4O2. The van der Waals surface area contributed by atoms with Crippen LogP contribution in [0.25, 0.3) is 21.8 Å². The number of aromatic amines is 1. The monoisotopic (exact) mass is 400 g/mol. The quantitative estimate of drug-likeness (QED) is 0.549. The van der Waals surface area contributed by atoms with Crippen molar-refractivity contribution in [2.24, 2.45) is 5.92 Å². The van der Waals surface area contributed by atoms with Crippen LogP contribution >= 0.6 is 0 Å². The number of para-hydroxylation sites is 1. The van der Waals surface area contributed by atoms with Gasteiger partial charge in [0, 0.05) is 23.5 Å². The zero-order chi connectivity index (χ0) is 21.0. The van der Waals surface area contributed by atoms with Gasteiger partial charge in [-0.1, -0.05) is 43.7 Å². The van der Waals surface area contributed by atoms with Crippen molar-refractivity contribution in [2.45, 2.75) is 39.3 Å². The van der Waals surface area contributed by atoms with E-state index in [9.17, 15) is 9.59 Å². The number of carbonyl (C=O) groups is 1. The summed E-state index contributed by atoms with van der Waals surface area (Å²) in [5, 5.41) is 4.74. The van der Waals surface area contributed by atoms with E-state index in [-0.39, 0.29) is 23.4 Å². The number of fused-ring (bicyclic) bond motifs is 3. The lowest BCUT2D eigenvalue weighted by Crippen LogP contribution is -2.49. The molecular weight excluding hydrogens is 376 g/mol. The van der Waals surface area contributed by atoms with E-state index < -0.39 is 6.04 Å². The molecule has 0 saturated heterocycles. The lowest BCUT2D eigenvalue weighted by Gasteiger charge is -2.34. The minimum atomic E-state index is -0.640. The average Bonchev–Trinajstić information content (AvgIpc) is 3.13. The number of H-pyrrole nitrogens is 1. The summed E-state index contributed by atoms with van der Waals surface area (Å²) < 4.78 is 1.63. The molecule has 2 unspecified atom stereocenters. The van der Waals surface area contributed by atoms with Crippen molar-refractivity contribution >= 4 is 27.7 Å². The standard InChI is InChI=1S/C24H24N4O2/c1-13(2)21-22-26-19-9-8-14(3)10-17(19)24(30)28(22)20(23(29)27-21)11-15-12-25-18-7-5-4-6-16(15)18/h4-10,12-13,20-21,25H,11H2,1-3H3,(H,27,29). The number of nitrogens with one attached hydrogen (secondary N) is 2. The summed E-state index contributed by atoms with van der Waals surface area (Å²) in [6, 6.07) is 12.8. The molecule has 0 spiro atoms. The predicted molar refractivity (Wildman–Crippen MR) is 118 cm³/mol. The first-order valence-electron chi connectivity index (χ1n) is 10.3. The molecule has 5 rings (SSSR count). The molecule has 6 heteroatoms. The van der Waals surface area contributed by atoms with Crippen molar-refractivity contribution in [3.63, 3.8) is 0 Å². The molecule has 1 amide bonds. The van der Waals surface area contributed by atoms with E-state index in [2.05, 4.69) is 10.3 Å². The Hall–Kier alpha value is -3.41. The number of hydrogen-bond acceptors (Lipinski definition) is 3. The van der Waals surface area contributed by atoms with Crippen LogP contribution in [0.1, 0.15) is 42.9 Å². The molecule has 3 heterocycles. The first-order chi connectivity index (χ1) is 14.4. The third-order valence-corrected chi connectivity index (χ3v) is 6.03. The van der Waals surface area contributed by atoms with Gasteiger partial charge in [-0.15, -0.1) is 0 Å². The molecule has 0 aliphatic carbocycles. The first kappa shape index (κ1) is 18.6. The number of carbonyl (C=O) groups excluding carboxylic acids is 1. The van der Waals surface area contributed by atoms with E-state index in [1.165, 1.54) is 0 Å². The molecule has 2 N–H and O–H groups in total. The summed E-state index contributed by atoms with van der Waals surface area (Å²) in [7, 11) is 0. The minimum Gasteiger partial charge on any atom is -0.361 e. The highest BCUT2D eigenvalue weighted by atomic mass is 16.2. The van der Waals surface area contributed by atoms with Gasteiger partial charge in [-0.2, -0.15) is 0 Å². The SMILES string of the molecule is Cc1ccc2nc3n(c(=O)c2c1)C(Cc1c[nH]c2ccccc12)C(=O)NC3C(C)C. The first-order valence-corrected chi connectivity index (χ1v) is 10.3. The van der Waals surface area contributed by atoms with Crippen molar-refractivity contribution in [3.05, 3.63) is 76.0 Å². The second-order valence-corrected chi connectivity index (χ2v) is 8.48.